The maximum absolute atomic E-state index is 4.78. The van der Waals surface area contributed by atoms with E-state index in [1.165, 1.54) is 23.2 Å². The molecule has 0 aliphatic heterocycles. The van der Waals surface area contributed by atoms with Crippen LogP contribution in [0.3, 0.4) is 0 Å². The van der Waals surface area contributed by atoms with E-state index in [4.69, 9.17) is 10.1 Å². The van der Waals surface area contributed by atoms with E-state index in [1.54, 1.807) is 0 Å². The molecular formula is C18H19N3. The Morgan fingerprint density at radius 3 is 2.81 bits per heavy atom. The van der Waals surface area contributed by atoms with E-state index in [-0.39, 0.29) is 0 Å². The highest BCUT2D eigenvalue weighted by Gasteiger charge is 2.21. The molecule has 4 rings (SSSR count). The van der Waals surface area contributed by atoms with Crippen LogP contribution in [0.1, 0.15) is 30.3 Å². The Balaban J connectivity index is 1.97. The van der Waals surface area contributed by atoms with Gasteiger partial charge >= 0.3 is 0 Å². The summed E-state index contributed by atoms with van der Waals surface area (Å²) < 4.78 is 2.08. The zero-order valence-corrected chi connectivity index (χ0v) is 12.5. The van der Waals surface area contributed by atoms with Crippen molar-refractivity contribution in [2.45, 2.75) is 33.1 Å². The molecule has 0 fully saturated rings. The Morgan fingerprint density at radius 1 is 1.19 bits per heavy atom. The first-order chi connectivity index (χ1) is 10.2. The molecule has 0 saturated carbocycles. The van der Waals surface area contributed by atoms with Crippen molar-refractivity contribution in [2.24, 2.45) is 5.92 Å². The summed E-state index contributed by atoms with van der Waals surface area (Å²) in [5.74, 6) is 0.752. The molecule has 0 radical (unpaired) electrons. The monoisotopic (exact) mass is 277 g/mol. The lowest BCUT2D eigenvalue weighted by Crippen LogP contribution is -2.16. The largest absolute Gasteiger partial charge is 0.236 e. The van der Waals surface area contributed by atoms with Crippen LogP contribution in [0.5, 0.6) is 0 Å². The smallest absolute Gasteiger partial charge is 0.163 e. The number of aromatic nitrogens is 3. The van der Waals surface area contributed by atoms with Crippen LogP contribution >= 0.6 is 0 Å². The summed E-state index contributed by atoms with van der Waals surface area (Å²) in [6.07, 6.45) is 5.53. The van der Waals surface area contributed by atoms with E-state index in [9.17, 15) is 0 Å². The lowest BCUT2D eigenvalue weighted by atomic mass is 9.89. The van der Waals surface area contributed by atoms with E-state index in [0.29, 0.717) is 0 Å². The summed E-state index contributed by atoms with van der Waals surface area (Å²) in [4.78, 5) is 4.73. The first-order valence-electron chi connectivity index (χ1n) is 7.65. The van der Waals surface area contributed by atoms with Gasteiger partial charge < -0.3 is 0 Å². The molecule has 1 aliphatic rings. The van der Waals surface area contributed by atoms with Crippen LogP contribution in [0.25, 0.3) is 16.8 Å². The van der Waals surface area contributed by atoms with Gasteiger partial charge in [-0.1, -0.05) is 37.3 Å². The van der Waals surface area contributed by atoms with Gasteiger partial charge in [0.1, 0.15) is 0 Å². The lowest BCUT2D eigenvalue weighted by Gasteiger charge is -2.21. The highest BCUT2D eigenvalue weighted by atomic mass is 15.3. The average molecular weight is 277 g/mol. The second-order valence-electron chi connectivity index (χ2n) is 6.14. The van der Waals surface area contributed by atoms with Crippen molar-refractivity contribution in [3.8, 4) is 11.1 Å². The van der Waals surface area contributed by atoms with Gasteiger partial charge in [-0.3, -0.25) is 0 Å². The molecule has 3 aromatic rings. The molecule has 3 heteroatoms. The van der Waals surface area contributed by atoms with Crippen molar-refractivity contribution in [3.05, 3.63) is 53.5 Å². The number of hydrogen-bond acceptors (Lipinski definition) is 2. The van der Waals surface area contributed by atoms with Crippen molar-refractivity contribution in [1.82, 2.24) is 14.6 Å². The average Bonchev–Trinajstić information content (AvgIpc) is 2.84. The highest BCUT2D eigenvalue weighted by molar-refractivity contribution is 5.79. The second-order valence-corrected chi connectivity index (χ2v) is 6.14. The number of rotatable bonds is 1. The minimum absolute atomic E-state index is 0.752. The van der Waals surface area contributed by atoms with Gasteiger partial charge in [0, 0.05) is 17.5 Å². The molecule has 1 aliphatic carbocycles. The molecule has 0 spiro atoms. The molecule has 0 N–H and O–H groups in total. The Morgan fingerprint density at radius 2 is 2.00 bits per heavy atom. The third-order valence-corrected chi connectivity index (χ3v) is 4.51. The molecule has 1 aromatic carbocycles. The van der Waals surface area contributed by atoms with Crippen LogP contribution in [-0.4, -0.2) is 14.6 Å². The van der Waals surface area contributed by atoms with Gasteiger partial charge in [0.05, 0.1) is 5.69 Å². The second kappa shape index (κ2) is 4.69. The Bertz CT molecular complexity index is 802. The standard InChI is InChI=1S/C18H19N3/c1-12-8-9-16-15(10-12)11-19-18-17(13(2)20-21(16)18)14-6-4-3-5-7-14/h3-7,11-12H,8-10H2,1-2H3. The Labute approximate surface area is 124 Å². The molecule has 0 amide bonds. The summed E-state index contributed by atoms with van der Waals surface area (Å²) in [6, 6.07) is 10.4. The fourth-order valence-corrected chi connectivity index (χ4v) is 3.41. The minimum atomic E-state index is 0.752. The zero-order valence-electron chi connectivity index (χ0n) is 12.5. The van der Waals surface area contributed by atoms with Gasteiger partial charge in [0.2, 0.25) is 0 Å². The highest BCUT2D eigenvalue weighted by Crippen LogP contribution is 2.31. The fraction of sp³-hybridized carbons (Fsp3) is 0.333. The number of fused-ring (bicyclic) bond motifs is 3. The maximum atomic E-state index is 4.78. The summed E-state index contributed by atoms with van der Waals surface area (Å²) in [5.41, 5.74) is 7.12. The number of nitrogens with zero attached hydrogens (tertiary/aromatic N) is 3. The summed E-state index contributed by atoms with van der Waals surface area (Å²) in [7, 11) is 0. The first-order valence-corrected chi connectivity index (χ1v) is 7.65. The van der Waals surface area contributed by atoms with E-state index in [2.05, 4.69) is 48.8 Å². The third-order valence-electron chi connectivity index (χ3n) is 4.51. The van der Waals surface area contributed by atoms with Gasteiger partial charge in [0.15, 0.2) is 5.65 Å². The van der Waals surface area contributed by atoms with Crippen molar-refractivity contribution < 1.29 is 0 Å². The van der Waals surface area contributed by atoms with E-state index in [0.717, 1.165) is 35.7 Å². The van der Waals surface area contributed by atoms with Crippen molar-refractivity contribution in [2.75, 3.05) is 0 Å². The predicted octanol–water partition coefficient (Wildman–Crippen LogP) is 3.83. The SMILES string of the molecule is Cc1nn2c3c(cnc2c1-c1ccccc1)CC(C)CC3. The molecule has 2 aromatic heterocycles. The fourth-order valence-electron chi connectivity index (χ4n) is 3.41. The van der Waals surface area contributed by atoms with E-state index in [1.807, 2.05) is 6.07 Å². The summed E-state index contributed by atoms with van der Waals surface area (Å²) >= 11 is 0. The molecule has 21 heavy (non-hydrogen) atoms. The predicted molar refractivity (Wildman–Crippen MR) is 84.3 cm³/mol. The quantitative estimate of drug-likeness (QED) is 0.676. The zero-order chi connectivity index (χ0) is 14.4. The molecule has 1 atom stereocenters. The van der Waals surface area contributed by atoms with Gasteiger partial charge in [-0.05, 0) is 43.2 Å². The number of hydrogen-bond donors (Lipinski definition) is 0. The van der Waals surface area contributed by atoms with Crippen molar-refractivity contribution in [3.63, 3.8) is 0 Å². The maximum Gasteiger partial charge on any atom is 0.163 e. The molecule has 2 heterocycles. The summed E-state index contributed by atoms with van der Waals surface area (Å²) in [6.45, 7) is 4.39. The van der Waals surface area contributed by atoms with Gasteiger partial charge in [-0.15, -0.1) is 0 Å². The van der Waals surface area contributed by atoms with Crippen LogP contribution in [0.2, 0.25) is 0 Å². The number of aryl methyl sites for hydroxylation is 2. The Hall–Kier alpha value is -2.16. The van der Waals surface area contributed by atoms with Gasteiger partial charge in [-0.25, -0.2) is 9.50 Å². The van der Waals surface area contributed by atoms with Crippen molar-refractivity contribution in [1.29, 1.82) is 0 Å². The molecular weight excluding hydrogens is 258 g/mol. The van der Waals surface area contributed by atoms with E-state index < -0.39 is 0 Å². The molecule has 0 saturated heterocycles. The molecule has 1 unspecified atom stereocenters. The topological polar surface area (TPSA) is 30.2 Å². The molecule has 0 bridgehead atoms. The van der Waals surface area contributed by atoms with E-state index >= 15 is 0 Å². The van der Waals surface area contributed by atoms with Crippen LogP contribution in [-0.2, 0) is 12.8 Å². The third kappa shape index (κ3) is 1.96. The lowest BCUT2D eigenvalue weighted by molar-refractivity contribution is 0.485. The first kappa shape index (κ1) is 12.6. The normalized spacial score (nSPS) is 17.9. The van der Waals surface area contributed by atoms with Crippen LogP contribution in [0, 0.1) is 12.8 Å². The number of benzene rings is 1. The van der Waals surface area contributed by atoms with Crippen molar-refractivity contribution >= 4 is 5.65 Å². The van der Waals surface area contributed by atoms with Gasteiger partial charge in [-0.2, -0.15) is 5.10 Å². The Kier molecular flexibility index (Phi) is 2.81. The van der Waals surface area contributed by atoms with Crippen LogP contribution in [0.15, 0.2) is 36.5 Å². The molecule has 3 nitrogen and oxygen atoms in total. The van der Waals surface area contributed by atoms with Crippen LogP contribution in [0.4, 0.5) is 0 Å². The van der Waals surface area contributed by atoms with Crippen LogP contribution < -0.4 is 0 Å². The summed E-state index contributed by atoms with van der Waals surface area (Å²) in [5, 5.41) is 4.78. The minimum Gasteiger partial charge on any atom is -0.236 e. The van der Waals surface area contributed by atoms with Gasteiger partial charge in [0.25, 0.3) is 0 Å². The molecule has 106 valence electrons.